The van der Waals surface area contributed by atoms with Gasteiger partial charge in [-0.2, -0.15) is 4.31 Å². The maximum absolute atomic E-state index is 13.0. The van der Waals surface area contributed by atoms with Crippen LogP contribution < -0.4 is 5.32 Å². The molecule has 0 saturated carbocycles. The van der Waals surface area contributed by atoms with E-state index < -0.39 is 10.0 Å². The van der Waals surface area contributed by atoms with Crippen molar-refractivity contribution in [2.24, 2.45) is 0 Å². The van der Waals surface area contributed by atoms with Crippen LogP contribution in [-0.4, -0.2) is 55.6 Å². The molecule has 7 nitrogen and oxygen atoms in total. The predicted octanol–water partition coefficient (Wildman–Crippen LogP) is 2.68. The first-order valence-corrected chi connectivity index (χ1v) is 11.4. The Morgan fingerprint density at radius 2 is 1.70 bits per heavy atom. The summed E-state index contributed by atoms with van der Waals surface area (Å²) in [6, 6.07) is 12.9. The van der Waals surface area contributed by atoms with Crippen molar-refractivity contribution in [2.45, 2.75) is 24.8 Å². The first-order chi connectivity index (χ1) is 14.2. The number of halogens is 1. The van der Waals surface area contributed by atoms with Crippen LogP contribution in [0.15, 0.2) is 53.4 Å². The molecule has 1 saturated heterocycles. The van der Waals surface area contributed by atoms with E-state index in [1.807, 2.05) is 13.0 Å². The number of hydrogen-bond acceptors (Lipinski definition) is 4. The van der Waals surface area contributed by atoms with E-state index in [9.17, 15) is 18.0 Å². The summed E-state index contributed by atoms with van der Waals surface area (Å²) >= 11 is 6.01. The van der Waals surface area contributed by atoms with Crippen molar-refractivity contribution in [3.8, 4) is 0 Å². The number of benzene rings is 2. The largest absolute Gasteiger partial charge is 0.346 e. The highest BCUT2D eigenvalue weighted by Gasteiger charge is 2.29. The van der Waals surface area contributed by atoms with Crippen molar-refractivity contribution in [3.63, 3.8) is 0 Å². The van der Waals surface area contributed by atoms with Crippen molar-refractivity contribution < 1.29 is 18.0 Å². The van der Waals surface area contributed by atoms with Crippen LogP contribution in [0.25, 0.3) is 0 Å². The minimum Gasteiger partial charge on any atom is -0.346 e. The summed E-state index contributed by atoms with van der Waals surface area (Å²) in [6.45, 7) is 4.46. The van der Waals surface area contributed by atoms with Gasteiger partial charge >= 0.3 is 0 Å². The van der Waals surface area contributed by atoms with Crippen molar-refractivity contribution in [1.82, 2.24) is 14.5 Å². The normalized spacial score (nSPS) is 16.2. The van der Waals surface area contributed by atoms with Crippen molar-refractivity contribution in [2.75, 3.05) is 26.2 Å². The summed E-state index contributed by atoms with van der Waals surface area (Å²) in [7, 11) is -3.76. The maximum Gasteiger partial charge on any atom is 0.251 e. The Labute approximate surface area is 181 Å². The number of piperazine rings is 1. The van der Waals surface area contributed by atoms with Gasteiger partial charge in [-0.05, 0) is 42.8 Å². The number of carbonyl (C=O) groups excluding carboxylic acids is 2. The van der Waals surface area contributed by atoms with Crippen LogP contribution >= 0.6 is 11.6 Å². The lowest BCUT2D eigenvalue weighted by Crippen LogP contribution is -2.49. The van der Waals surface area contributed by atoms with Gasteiger partial charge in [0.25, 0.3) is 5.91 Å². The second-order valence-corrected chi connectivity index (χ2v) is 9.56. The molecule has 160 valence electrons. The molecular weight excluding hydrogens is 426 g/mol. The predicted molar refractivity (Wildman–Crippen MR) is 115 cm³/mol. The third-order valence-corrected chi connectivity index (χ3v) is 7.24. The lowest BCUT2D eigenvalue weighted by Gasteiger charge is -2.33. The summed E-state index contributed by atoms with van der Waals surface area (Å²) in [5.74, 6) is -0.444. The van der Waals surface area contributed by atoms with Gasteiger partial charge in [0.05, 0.1) is 10.9 Å². The first-order valence-electron chi connectivity index (χ1n) is 9.60. The highest BCUT2D eigenvalue weighted by Crippen LogP contribution is 2.21. The summed E-state index contributed by atoms with van der Waals surface area (Å²) in [5, 5.41) is 3.44. The topological polar surface area (TPSA) is 86.8 Å². The summed E-state index contributed by atoms with van der Waals surface area (Å²) in [4.78, 5) is 25.8. The zero-order valence-corrected chi connectivity index (χ0v) is 18.4. The van der Waals surface area contributed by atoms with Crippen LogP contribution in [0.5, 0.6) is 0 Å². The van der Waals surface area contributed by atoms with E-state index in [0.717, 1.165) is 5.56 Å². The second-order valence-electron chi connectivity index (χ2n) is 7.19. The van der Waals surface area contributed by atoms with E-state index in [0.29, 0.717) is 18.1 Å². The first kappa shape index (κ1) is 22.3. The van der Waals surface area contributed by atoms with E-state index >= 15 is 0 Å². The van der Waals surface area contributed by atoms with E-state index in [1.165, 1.54) is 23.4 Å². The molecule has 3 rings (SSSR count). The Morgan fingerprint density at radius 1 is 1.03 bits per heavy atom. The molecule has 0 bridgehead atoms. The molecule has 9 heteroatoms. The number of hydrogen-bond donors (Lipinski definition) is 1. The van der Waals surface area contributed by atoms with Gasteiger partial charge in [-0.3, -0.25) is 9.59 Å². The molecule has 2 aromatic rings. The van der Waals surface area contributed by atoms with Gasteiger partial charge in [0.2, 0.25) is 15.9 Å². The molecule has 0 spiro atoms. The molecule has 0 radical (unpaired) electrons. The molecular formula is C21H24ClN3O4S. The van der Waals surface area contributed by atoms with Crippen LogP contribution in [0.2, 0.25) is 5.02 Å². The Kier molecular flexibility index (Phi) is 6.80. The minimum absolute atomic E-state index is 0.0573. The SMILES string of the molecule is CC(=O)N1CCN(S(=O)(=O)c2cccc(C(=O)N[C@@H](C)c3cccc(Cl)c3)c2)CC1. The van der Waals surface area contributed by atoms with Crippen LogP contribution in [0.3, 0.4) is 0 Å². The fourth-order valence-electron chi connectivity index (χ4n) is 3.33. The third-order valence-electron chi connectivity index (χ3n) is 5.11. The monoisotopic (exact) mass is 449 g/mol. The highest BCUT2D eigenvalue weighted by molar-refractivity contribution is 7.89. The van der Waals surface area contributed by atoms with Crippen LogP contribution in [0.1, 0.15) is 35.8 Å². The standard InChI is InChI=1S/C21H24ClN3O4S/c1-15(17-5-3-7-19(22)13-17)23-21(27)18-6-4-8-20(14-18)30(28,29)25-11-9-24(10-12-25)16(2)26/h3-8,13-15H,9-12H2,1-2H3,(H,23,27)/t15-/m0/s1. The molecule has 30 heavy (non-hydrogen) atoms. The van der Waals surface area contributed by atoms with Crippen molar-refractivity contribution in [1.29, 1.82) is 0 Å². The molecule has 1 atom stereocenters. The minimum atomic E-state index is -3.76. The highest BCUT2D eigenvalue weighted by atomic mass is 35.5. The third kappa shape index (κ3) is 5.00. The lowest BCUT2D eigenvalue weighted by atomic mass is 10.1. The van der Waals surface area contributed by atoms with Crippen LogP contribution in [0.4, 0.5) is 0 Å². The Balaban J connectivity index is 1.73. The zero-order chi connectivity index (χ0) is 21.9. The fourth-order valence-corrected chi connectivity index (χ4v) is 5.00. The molecule has 2 amide bonds. The molecule has 0 aromatic heterocycles. The summed E-state index contributed by atoms with van der Waals surface area (Å²) in [6.07, 6.45) is 0. The van der Waals surface area contributed by atoms with Crippen LogP contribution in [0, 0.1) is 0 Å². The average molecular weight is 450 g/mol. The lowest BCUT2D eigenvalue weighted by molar-refractivity contribution is -0.129. The molecule has 0 unspecified atom stereocenters. The van der Waals surface area contributed by atoms with Gasteiger partial charge < -0.3 is 10.2 Å². The Morgan fingerprint density at radius 3 is 2.33 bits per heavy atom. The molecule has 0 aliphatic carbocycles. The van der Waals surface area contributed by atoms with Gasteiger partial charge in [-0.25, -0.2) is 8.42 Å². The molecule has 1 aliphatic heterocycles. The quantitative estimate of drug-likeness (QED) is 0.760. The van der Waals surface area contributed by atoms with E-state index in [2.05, 4.69) is 5.32 Å². The molecule has 1 aliphatic rings. The maximum atomic E-state index is 13.0. The molecule has 2 aromatic carbocycles. The Bertz CT molecular complexity index is 1050. The van der Waals surface area contributed by atoms with Crippen molar-refractivity contribution in [3.05, 3.63) is 64.7 Å². The second kappa shape index (κ2) is 9.16. The van der Waals surface area contributed by atoms with E-state index in [1.54, 1.807) is 35.2 Å². The smallest absolute Gasteiger partial charge is 0.251 e. The van der Waals surface area contributed by atoms with E-state index in [-0.39, 0.29) is 41.4 Å². The Hall–Kier alpha value is -2.42. The number of rotatable bonds is 5. The molecule has 1 heterocycles. The number of carbonyl (C=O) groups is 2. The molecule has 1 fully saturated rings. The average Bonchev–Trinajstić information content (AvgIpc) is 2.73. The van der Waals surface area contributed by atoms with Crippen molar-refractivity contribution >= 4 is 33.4 Å². The van der Waals surface area contributed by atoms with Gasteiger partial charge in [0, 0.05) is 43.7 Å². The number of amides is 2. The zero-order valence-electron chi connectivity index (χ0n) is 16.8. The number of nitrogens with one attached hydrogen (secondary N) is 1. The van der Waals surface area contributed by atoms with Gasteiger partial charge in [0.1, 0.15) is 0 Å². The van der Waals surface area contributed by atoms with Gasteiger partial charge in [-0.15, -0.1) is 0 Å². The number of nitrogens with zero attached hydrogens (tertiary/aromatic N) is 2. The van der Waals surface area contributed by atoms with Gasteiger partial charge in [-0.1, -0.05) is 29.8 Å². The number of sulfonamides is 1. The van der Waals surface area contributed by atoms with Gasteiger partial charge in [0.15, 0.2) is 0 Å². The molecule has 1 N–H and O–H groups in total. The summed E-state index contributed by atoms with van der Waals surface area (Å²) < 4.78 is 27.3. The fraction of sp³-hybridized carbons (Fsp3) is 0.333. The van der Waals surface area contributed by atoms with Crippen LogP contribution in [-0.2, 0) is 14.8 Å². The van der Waals surface area contributed by atoms with E-state index in [4.69, 9.17) is 11.6 Å². The summed E-state index contributed by atoms with van der Waals surface area (Å²) in [5.41, 5.74) is 1.11.